The van der Waals surface area contributed by atoms with Gasteiger partial charge < -0.3 is 10.1 Å². The second kappa shape index (κ2) is 8.82. The normalized spacial score (nSPS) is 14.6. The van der Waals surface area contributed by atoms with Crippen molar-refractivity contribution in [3.63, 3.8) is 0 Å². The Hall–Kier alpha value is -3.87. The zero-order chi connectivity index (χ0) is 22.9. The Morgan fingerprint density at radius 2 is 1.91 bits per heavy atom. The highest BCUT2D eigenvalue weighted by molar-refractivity contribution is 5.78. The second-order valence-electron chi connectivity index (χ2n) is 8.87. The van der Waals surface area contributed by atoms with Crippen LogP contribution in [0.3, 0.4) is 0 Å². The Balaban J connectivity index is 1.30. The molecular formula is C27H26N6O. The van der Waals surface area contributed by atoms with E-state index >= 15 is 0 Å². The molecule has 2 aliphatic rings. The number of fused-ring (bicyclic) bond motifs is 1. The Morgan fingerprint density at radius 1 is 1.00 bits per heavy atom. The summed E-state index contributed by atoms with van der Waals surface area (Å²) in [4.78, 5) is 23.0. The van der Waals surface area contributed by atoms with E-state index in [4.69, 9.17) is 9.72 Å². The molecule has 0 aromatic carbocycles. The van der Waals surface area contributed by atoms with Crippen LogP contribution in [0.25, 0.3) is 22.5 Å². The molecule has 1 N–H and O–H groups in total. The summed E-state index contributed by atoms with van der Waals surface area (Å²) in [6.45, 7) is 0.638. The van der Waals surface area contributed by atoms with E-state index in [9.17, 15) is 0 Å². The smallest absolute Gasteiger partial charge is 0.224 e. The lowest BCUT2D eigenvalue weighted by molar-refractivity contribution is 0.398. The van der Waals surface area contributed by atoms with Crippen molar-refractivity contribution in [2.24, 2.45) is 0 Å². The Morgan fingerprint density at radius 3 is 2.68 bits per heavy atom. The summed E-state index contributed by atoms with van der Waals surface area (Å²) in [5.74, 6) is 2.01. The monoisotopic (exact) mass is 450 g/mol. The van der Waals surface area contributed by atoms with E-state index < -0.39 is 0 Å². The van der Waals surface area contributed by atoms with Crippen LogP contribution >= 0.6 is 0 Å². The molecule has 4 aromatic heterocycles. The number of aryl methyl sites for hydroxylation is 1. The molecule has 0 spiro atoms. The zero-order valence-electron chi connectivity index (χ0n) is 19.2. The number of pyridine rings is 3. The molecule has 170 valence electrons. The van der Waals surface area contributed by atoms with Gasteiger partial charge >= 0.3 is 0 Å². The number of aromatic nitrogens is 5. The van der Waals surface area contributed by atoms with Gasteiger partial charge in [0.05, 0.1) is 29.8 Å². The Bertz CT molecular complexity index is 1320. The van der Waals surface area contributed by atoms with Crippen LogP contribution in [0.1, 0.15) is 47.7 Å². The molecule has 0 amide bonds. The van der Waals surface area contributed by atoms with E-state index in [1.807, 2.05) is 30.5 Å². The first-order valence-electron chi connectivity index (χ1n) is 11.8. The van der Waals surface area contributed by atoms with Gasteiger partial charge in [-0.3, -0.25) is 9.97 Å². The number of hydrogen-bond donors (Lipinski definition) is 1. The van der Waals surface area contributed by atoms with E-state index in [0.717, 1.165) is 64.5 Å². The molecule has 1 fully saturated rings. The van der Waals surface area contributed by atoms with Crippen LogP contribution in [0.2, 0.25) is 0 Å². The highest BCUT2D eigenvalue weighted by Crippen LogP contribution is 2.47. The molecule has 0 saturated heterocycles. The van der Waals surface area contributed by atoms with Crippen LogP contribution in [-0.2, 0) is 19.4 Å². The van der Waals surface area contributed by atoms with Crippen molar-refractivity contribution in [2.75, 3.05) is 12.4 Å². The number of hydrogen-bond acceptors (Lipinski definition) is 7. The molecular weight excluding hydrogens is 424 g/mol. The minimum absolute atomic E-state index is 0.497. The lowest BCUT2D eigenvalue weighted by Gasteiger charge is -2.17. The lowest BCUT2D eigenvalue weighted by atomic mass is 9.97. The van der Waals surface area contributed by atoms with E-state index in [-0.39, 0.29) is 0 Å². The van der Waals surface area contributed by atoms with Gasteiger partial charge in [0.25, 0.3) is 0 Å². The summed E-state index contributed by atoms with van der Waals surface area (Å²) in [5, 5.41) is 3.51. The van der Waals surface area contributed by atoms with Crippen molar-refractivity contribution in [3.05, 3.63) is 77.6 Å². The van der Waals surface area contributed by atoms with Gasteiger partial charge in [0.2, 0.25) is 5.88 Å². The fourth-order valence-corrected chi connectivity index (χ4v) is 4.70. The van der Waals surface area contributed by atoms with E-state index in [1.165, 1.54) is 18.4 Å². The molecule has 0 atom stereocenters. The standard InChI is InChI=1S/C27H26N6O/c1-34-27-25(26(18-9-10-18)31-16-32-27)20-13-24(33-21-7-4-5-19(20)21)30-15-17-8-11-23(29-14-17)22-6-2-3-12-28-22/h2-3,6,8,11-14,16,18H,4-5,7,9-10,15H2,1H3,(H,30,33). The Labute approximate surface area is 198 Å². The van der Waals surface area contributed by atoms with Gasteiger partial charge in [-0.2, -0.15) is 0 Å². The molecule has 0 radical (unpaired) electrons. The summed E-state index contributed by atoms with van der Waals surface area (Å²) in [6, 6.07) is 12.1. The molecule has 7 heteroatoms. The highest BCUT2D eigenvalue weighted by Gasteiger charge is 2.32. The van der Waals surface area contributed by atoms with E-state index in [2.05, 4.69) is 37.4 Å². The molecule has 1 saturated carbocycles. The number of anilines is 1. The van der Waals surface area contributed by atoms with Crippen LogP contribution in [0.4, 0.5) is 5.82 Å². The van der Waals surface area contributed by atoms with Gasteiger partial charge in [-0.25, -0.2) is 15.0 Å². The minimum atomic E-state index is 0.497. The van der Waals surface area contributed by atoms with Gasteiger partial charge in [0, 0.05) is 30.6 Å². The zero-order valence-corrected chi connectivity index (χ0v) is 19.2. The van der Waals surface area contributed by atoms with Crippen molar-refractivity contribution < 1.29 is 4.74 Å². The molecule has 2 aliphatic carbocycles. The third-order valence-electron chi connectivity index (χ3n) is 6.54. The predicted molar refractivity (Wildman–Crippen MR) is 131 cm³/mol. The molecule has 34 heavy (non-hydrogen) atoms. The molecule has 7 nitrogen and oxygen atoms in total. The molecule has 0 aliphatic heterocycles. The maximum absolute atomic E-state index is 5.69. The Kier molecular flexibility index (Phi) is 5.37. The van der Waals surface area contributed by atoms with Crippen LogP contribution in [0, 0.1) is 0 Å². The van der Waals surface area contributed by atoms with E-state index in [0.29, 0.717) is 18.3 Å². The van der Waals surface area contributed by atoms with E-state index in [1.54, 1.807) is 19.6 Å². The molecule has 4 heterocycles. The average Bonchev–Trinajstić information content (AvgIpc) is 3.64. The number of methoxy groups -OCH3 is 1. The second-order valence-corrected chi connectivity index (χ2v) is 8.87. The summed E-state index contributed by atoms with van der Waals surface area (Å²) < 4.78 is 5.69. The van der Waals surface area contributed by atoms with Crippen molar-refractivity contribution in [2.45, 2.75) is 44.6 Å². The maximum Gasteiger partial charge on any atom is 0.224 e. The minimum Gasteiger partial charge on any atom is -0.480 e. The first kappa shape index (κ1) is 20.7. The third kappa shape index (κ3) is 3.98. The van der Waals surface area contributed by atoms with Gasteiger partial charge in [-0.05, 0) is 73.1 Å². The van der Waals surface area contributed by atoms with Crippen LogP contribution < -0.4 is 10.1 Å². The van der Waals surface area contributed by atoms with Crippen molar-refractivity contribution in [1.82, 2.24) is 24.9 Å². The molecule has 4 aromatic rings. The van der Waals surface area contributed by atoms with Crippen LogP contribution in [-0.4, -0.2) is 32.0 Å². The van der Waals surface area contributed by atoms with Gasteiger partial charge in [0.1, 0.15) is 12.1 Å². The van der Waals surface area contributed by atoms with Gasteiger partial charge in [-0.15, -0.1) is 0 Å². The van der Waals surface area contributed by atoms with Crippen LogP contribution in [0.15, 0.2) is 55.1 Å². The largest absolute Gasteiger partial charge is 0.480 e. The summed E-state index contributed by atoms with van der Waals surface area (Å²) in [6.07, 6.45) is 10.8. The number of ether oxygens (including phenoxy) is 1. The third-order valence-corrected chi connectivity index (χ3v) is 6.54. The quantitative estimate of drug-likeness (QED) is 0.425. The van der Waals surface area contributed by atoms with Crippen molar-refractivity contribution in [3.8, 4) is 28.4 Å². The SMILES string of the molecule is COc1ncnc(C2CC2)c1-c1cc(NCc2ccc(-c3ccccn3)nc2)nc2c1CCC2. The topological polar surface area (TPSA) is 85.7 Å². The highest BCUT2D eigenvalue weighted by atomic mass is 16.5. The first-order valence-corrected chi connectivity index (χ1v) is 11.8. The van der Waals surface area contributed by atoms with Gasteiger partial charge in [-0.1, -0.05) is 12.1 Å². The average molecular weight is 451 g/mol. The molecule has 6 rings (SSSR count). The number of nitrogens with one attached hydrogen (secondary N) is 1. The summed E-state index contributed by atoms with van der Waals surface area (Å²) >= 11 is 0. The number of rotatable bonds is 7. The van der Waals surface area contributed by atoms with Gasteiger partial charge in [0.15, 0.2) is 0 Å². The maximum atomic E-state index is 5.69. The van der Waals surface area contributed by atoms with Crippen LogP contribution in [0.5, 0.6) is 5.88 Å². The fourth-order valence-electron chi connectivity index (χ4n) is 4.70. The first-order chi connectivity index (χ1) is 16.8. The van der Waals surface area contributed by atoms with Crippen molar-refractivity contribution in [1.29, 1.82) is 0 Å². The fraction of sp³-hybridized carbons (Fsp3) is 0.296. The lowest BCUT2D eigenvalue weighted by Crippen LogP contribution is -2.06. The number of nitrogens with zero attached hydrogens (tertiary/aromatic N) is 5. The molecule has 0 unspecified atom stereocenters. The predicted octanol–water partition coefficient (Wildman–Crippen LogP) is 4.98. The molecule has 0 bridgehead atoms. The van der Waals surface area contributed by atoms with Crippen molar-refractivity contribution >= 4 is 5.82 Å². The summed E-state index contributed by atoms with van der Waals surface area (Å²) in [5.41, 5.74) is 8.60. The summed E-state index contributed by atoms with van der Waals surface area (Å²) in [7, 11) is 1.69.